The first-order valence-corrected chi connectivity index (χ1v) is 8.23. The highest BCUT2D eigenvalue weighted by Gasteiger charge is 2.16. The van der Waals surface area contributed by atoms with Crippen molar-refractivity contribution in [3.8, 4) is 11.5 Å². The highest BCUT2D eigenvalue weighted by Crippen LogP contribution is 2.29. The van der Waals surface area contributed by atoms with E-state index >= 15 is 0 Å². The average Bonchev–Trinajstić information content (AvgIpc) is 3.08. The van der Waals surface area contributed by atoms with Gasteiger partial charge in [-0.25, -0.2) is 9.97 Å². The predicted molar refractivity (Wildman–Crippen MR) is 101 cm³/mol. The second kappa shape index (κ2) is 6.49. The number of aryl methyl sites for hydroxylation is 2. The molecule has 0 atom stereocenters. The fourth-order valence-electron chi connectivity index (χ4n) is 2.64. The molecule has 8 nitrogen and oxygen atoms in total. The van der Waals surface area contributed by atoms with E-state index in [-0.39, 0.29) is 5.69 Å². The lowest BCUT2D eigenvalue weighted by molar-refractivity contribution is -0.384. The van der Waals surface area contributed by atoms with Crippen molar-refractivity contribution in [3.63, 3.8) is 0 Å². The van der Waals surface area contributed by atoms with Crippen molar-refractivity contribution < 1.29 is 9.34 Å². The molecular weight excluding hydrogens is 346 g/mol. The Morgan fingerprint density at radius 3 is 2.33 bits per heavy atom. The van der Waals surface area contributed by atoms with E-state index in [0.29, 0.717) is 34.3 Å². The SMILES string of the molecule is Cc1ccc(Nc2nc(C)nc3oc(-c4ccc([N+](=O)[O-])cc4)nc23)cc1. The zero-order valence-electron chi connectivity index (χ0n) is 14.6. The van der Waals surface area contributed by atoms with Crippen molar-refractivity contribution in [2.24, 2.45) is 0 Å². The Hall–Kier alpha value is -3.81. The van der Waals surface area contributed by atoms with E-state index in [4.69, 9.17) is 4.42 Å². The minimum Gasteiger partial charge on any atom is -0.417 e. The van der Waals surface area contributed by atoms with E-state index in [1.54, 1.807) is 19.1 Å². The fourth-order valence-corrected chi connectivity index (χ4v) is 2.64. The van der Waals surface area contributed by atoms with Crippen LogP contribution in [0.4, 0.5) is 17.2 Å². The Kier molecular flexibility index (Phi) is 4.00. The molecule has 0 aliphatic carbocycles. The molecule has 2 aromatic heterocycles. The van der Waals surface area contributed by atoms with Crippen LogP contribution < -0.4 is 5.32 Å². The van der Waals surface area contributed by atoms with Crippen LogP contribution >= 0.6 is 0 Å². The van der Waals surface area contributed by atoms with E-state index in [1.165, 1.54) is 12.1 Å². The number of nitro benzene ring substituents is 1. The van der Waals surface area contributed by atoms with E-state index < -0.39 is 4.92 Å². The van der Waals surface area contributed by atoms with E-state index in [0.717, 1.165) is 11.3 Å². The summed E-state index contributed by atoms with van der Waals surface area (Å²) in [6.07, 6.45) is 0. The van der Waals surface area contributed by atoms with Gasteiger partial charge in [0.25, 0.3) is 11.4 Å². The molecule has 2 aromatic carbocycles. The van der Waals surface area contributed by atoms with Crippen LogP contribution in [0, 0.1) is 24.0 Å². The zero-order chi connectivity index (χ0) is 19.0. The maximum atomic E-state index is 10.8. The molecule has 0 radical (unpaired) electrons. The smallest absolute Gasteiger partial charge is 0.269 e. The number of rotatable bonds is 4. The number of aromatic nitrogens is 3. The molecule has 0 unspecified atom stereocenters. The van der Waals surface area contributed by atoms with Gasteiger partial charge in [-0.2, -0.15) is 4.98 Å². The summed E-state index contributed by atoms with van der Waals surface area (Å²) in [5, 5.41) is 14.0. The summed E-state index contributed by atoms with van der Waals surface area (Å²) in [7, 11) is 0. The summed E-state index contributed by atoms with van der Waals surface area (Å²) in [5.74, 6) is 1.41. The highest BCUT2D eigenvalue weighted by molar-refractivity contribution is 5.85. The number of nitrogens with one attached hydrogen (secondary N) is 1. The number of nitrogens with zero attached hydrogens (tertiary/aromatic N) is 4. The van der Waals surface area contributed by atoms with Gasteiger partial charge >= 0.3 is 0 Å². The summed E-state index contributed by atoms with van der Waals surface area (Å²) in [6, 6.07) is 13.9. The maximum Gasteiger partial charge on any atom is 0.269 e. The average molecular weight is 361 g/mol. The first-order chi connectivity index (χ1) is 13.0. The zero-order valence-corrected chi connectivity index (χ0v) is 14.6. The number of benzene rings is 2. The largest absolute Gasteiger partial charge is 0.417 e. The highest BCUT2D eigenvalue weighted by atomic mass is 16.6. The lowest BCUT2D eigenvalue weighted by Crippen LogP contribution is -1.98. The molecule has 0 saturated heterocycles. The van der Waals surface area contributed by atoms with Crippen LogP contribution in [0.1, 0.15) is 11.4 Å². The molecule has 0 bridgehead atoms. The van der Waals surface area contributed by atoms with Crippen LogP contribution in [0.2, 0.25) is 0 Å². The van der Waals surface area contributed by atoms with Crippen LogP contribution in [0.3, 0.4) is 0 Å². The molecule has 27 heavy (non-hydrogen) atoms. The minimum absolute atomic E-state index is 0.00669. The lowest BCUT2D eigenvalue weighted by atomic mass is 10.2. The second-order valence-corrected chi connectivity index (χ2v) is 6.09. The first kappa shape index (κ1) is 16.6. The molecule has 8 heteroatoms. The van der Waals surface area contributed by atoms with Crippen LogP contribution in [0.15, 0.2) is 52.9 Å². The summed E-state index contributed by atoms with van der Waals surface area (Å²) in [6.45, 7) is 3.79. The van der Waals surface area contributed by atoms with Gasteiger partial charge in [0.05, 0.1) is 4.92 Å². The van der Waals surface area contributed by atoms with Gasteiger partial charge in [0.1, 0.15) is 5.82 Å². The number of fused-ring (bicyclic) bond motifs is 1. The van der Waals surface area contributed by atoms with Gasteiger partial charge in [-0.15, -0.1) is 0 Å². The molecule has 1 N–H and O–H groups in total. The Morgan fingerprint density at radius 2 is 1.67 bits per heavy atom. The molecule has 0 aliphatic heterocycles. The van der Waals surface area contributed by atoms with Crippen LogP contribution in [0.25, 0.3) is 22.7 Å². The number of oxazole rings is 1. The first-order valence-electron chi connectivity index (χ1n) is 8.23. The third-order valence-electron chi connectivity index (χ3n) is 4.01. The summed E-state index contributed by atoms with van der Waals surface area (Å²) in [4.78, 5) is 23.6. The molecular formula is C19H15N5O3. The van der Waals surface area contributed by atoms with Gasteiger partial charge in [-0.05, 0) is 38.1 Å². The van der Waals surface area contributed by atoms with Gasteiger partial charge in [0.15, 0.2) is 11.3 Å². The fraction of sp³-hybridized carbons (Fsp3) is 0.105. The van der Waals surface area contributed by atoms with Crippen molar-refractivity contribution >= 4 is 28.4 Å². The Balaban J connectivity index is 1.75. The number of hydrogen-bond acceptors (Lipinski definition) is 7. The number of nitro groups is 1. The van der Waals surface area contributed by atoms with Gasteiger partial charge < -0.3 is 9.73 Å². The van der Waals surface area contributed by atoms with E-state index in [9.17, 15) is 10.1 Å². The van der Waals surface area contributed by atoms with Crippen molar-refractivity contribution in [3.05, 3.63) is 70.0 Å². The Morgan fingerprint density at radius 1 is 0.963 bits per heavy atom. The molecule has 4 rings (SSSR count). The Bertz CT molecular complexity index is 1130. The monoisotopic (exact) mass is 361 g/mol. The van der Waals surface area contributed by atoms with Gasteiger partial charge in [0, 0.05) is 23.4 Å². The molecule has 0 saturated carbocycles. The maximum absolute atomic E-state index is 10.8. The van der Waals surface area contributed by atoms with E-state index in [1.807, 2.05) is 31.2 Å². The number of non-ortho nitro benzene ring substituents is 1. The van der Waals surface area contributed by atoms with E-state index in [2.05, 4.69) is 20.3 Å². The molecule has 0 aliphatic rings. The number of hydrogen-bond donors (Lipinski definition) is 1. The van der Waals surface area contributed by atoms with Crippen molar-refractivity contribution in [2.75, 3.05) is 5.32 Å². The normalized spacial score (nSPS) is 10.9. The van der Waals surface area contributed by atoms with Crippen LogP contribution in [-0.4, -0.2) is 19.9 Å². The molecule has 134 valence electrons. The summed E-state index contributed by atoms with van der Waals surface area (Å²) in [5.41, 5.74) is 3.51. The quantitative estimate of drug-likeness (QED) is 0.419. The lowest BCUT2D eigenvalue weighted by Gasteiger charge is -2.06. The van der Waals surface area contributed by atoms with Crippen LogP contribution in [0.5, 0.6) is 0 Å². The standard InChI is InChI=1S/C19H15N5O3/c1-11-3-7-14(8-4-11)22-17-16-19(21-12(2)20-17)27-18(23-16)13-5-9-15(10-6-13)24(25)26/h3-10H,1-2H3,(H,20,21,22). The second-order valence-electron chi connectivity index (χ2n) is 6.09. The van der Waals surface area contributed by atoms with Gasteiger partial charge in [-0.3, -0.25) is 10.1 Å². The van der Waals surface area contributed by atoms with Crippen molar-refractivity contribution in [1.82, 2.24) is 15.0 Å². The van der Waals surface area contributed by atoms with Crippen LogP contribution in [-0.2, 0) is 0 Å². The molecule has 2 heterocycles. The topological polar surface area (TPSA) is 107 Å². The van der Waals surface area contributed by atoms with Gasteiger partial charge in [-0.1, -0.05) is 17.7 Å². The summed E-state index contributed by atoms with van der Waals surface area (Å²) < 4.78 is 5.76. The van der Waals surface area contributed by atoms with Crippen molar-refractivity contribution in [2.45, 2.75) is 13.8 Å². The third kappa shape index (κ3) is 3.32. The van der Waals surface area contributed by atoms with Gasteiger partial charge in [0.2, 0.25) is 5.89 Å². The summed E-state index contributed by atoms with van der Waals surface area (Å²) >= 11 is 0. The predicted octanol–water partition coefficient (Wildman–Crippen LogP) is 4.55. The molecule has 0 fully saturated rings. The molecule has 0 spiro atoms. The van der Waals surface area contributed by atoms with Crippen molar-refractivity contribution in [1.29, 1.82) is 0 Å². The minimum atomic E-state index is -0.450. The molecule has 4 aromatic rings. The number of anilines is 2. The molecule has 0 amide bonds. The third-order valence-corrected chi connectivity index (χ3v) is 4.01. The Labute approximate surface area is 154 Å².